The SMILES string of the molecule is CC1(CN)CCN(C(=O)c2ccc(NC(=O)CSc3cccs3)cc2)C1. The van der Waals surface area contributed by atoms with Crippen molar-refractivity contribution < 1.29 is 9.59 Å². The van der Waals surface area contributed by atoms with Crippen LogP contribution in [0, 0.1) is 5.41 Å². The third kappa shape index (κ3) is 4.66. The summed E-state index contributed by atoms with van der Waals surface area (Å²) in [6.07, 6.45) is 0.936. The molecule has 138 valence electrons. The fraction of sp³-hybridized carbons (Fsp3) is 0.368. The lowest BCUT2D eigenvalue weighted by atomic mass is 9.90. The van der Waals surface area contributed by atoms with Crippen molar-refractivity contribution in [3.05, 3.63) is 47.3 Å². The molecule has 1 fully saturated rings. The minimum absolute atomic E-state index is 0.0177. The quantitative estimate of drug-likeness (QED) is 0.744. The smallest absolute Gasteiger partial charge is 0.253 e. The summed E-state index contributed by atoms with van der Waals surface area (Å²) in [5.74, 6) is 0.334. The topological polar surface area (TPSA) is 75.4 Å². The number of anilines is 1. The highest BCUT2D eigenvalue weighted by molar-refractivity contribution is 8.01. The third-order valence-corrected chi connectivity index (χ3v) is 6.73. The van der Waals surface area contributed by atoms with Crippen molar-refractivity contribution in [2.24, 2.45) is 11.1 Å². The number of carbonyl (C=O) groups excluding carboxylic acids is 2. The zero-order valence-electron chi connectivity index (χ0n) is 14.7. The summed E-state index contributed by atoms with van der Waals surface area (Å²) in [4.78, 5) is 26.5. The number of hydrogen-bond donors (Lipinski definition) is 2. The average Bonchev–Trinajstić information content (AvgIpc) is 3.30. The lowest BCUT2D eigenvalue weighted by molar-refractivity contribution is -0.113. The number of rotatable bonds is 6. The van der Waals surface area contributed by atoms with Crippen molar-refractivity contribution in [3.63, 3.8) is 0 Å². The molecular formula is C19H23N3O2S2. The number of hydrogen-bond acceptors (Lipinski definition) is 5. The van der Waals surface area contributed by atoms with Crippen LogP contribution in [-0.4, -0.2) is 42.1 Å². The van der Waals surface area contributed by atoms with Gasteiger partial charge in [0, 0.05) is 24.3 Å². The number of thioether (sulfide) groups is 1. The van der Waals surface area contributed by atoms with Gasteiger partial charge in [-0.25, -0.2) is 0 Å². The van der Waals surface area contributed by atoms with Crippen molar-refractivity contribution in [1.82, 2.24) is 4.90 Å². The monoisotopic (exact) mass is 389 g/mol. The predicted molar refractivity (Wildman–Crippen MR) is 108 cm³/mol. The minimum Gasteiger partial charge on any atom is -0.338 e. The van der Waals surface area contributed by atoms with Gasteiger partial charge in [0.1, 0.15) is 0 Å². The highest BCUT2D eigenvalue weighted by atomic mass is 32.2. The number of likely N-dealkylation sites (tertiary alicyclic amines) is 1. The third-order valence-electron chi connectivity index (χ3n) is 4.59. The maximum atomic E-state index is 12.6. The van der Waals surface area contributed by atoms with E-state index in [0.717, 1.165) is 17.2 Å². The van der Waals surface area contributed by atoms with Gasteiger partial charge in [-0.05, 0) is 54.1 Å². The second kappa shape index (κ2) is 8.24. The molecular weight excluding hydrogens is 366 g/mol. The van der Waals surface area contributed by atoms with Gasteiger partial charge in [0.15, 0.2) is 0 Å². The molecule has 2 heterocycles. The molecule has 26 heavy (non-hydrogen) atoms. The number of carbonyl (C=O) groups is 2. The highest BCUT2D eigenvalue weighted by Gasteiger charge is 2.35. The molecule has 0 saturated carbocycles. The molecule has 1 aromatic carbocycles. The van der Waals surface area contributed by atoms with E-state index in [1.807, 2.05) is 22.4 Å². The van der Waals surface area contributed by atoms with E-state index in [2.05, 4.69) is 12.2 Å². The fourth-order valence-corrected chi connectivity index (χ4v) is 4.51. The molecule has 2 amide bonds. The zero-order valence-corrected chi connectivity index (χ0v) is 16.4. The summed E-state index contributed by atoms with van der Waals surface area (Å²) < 4.78 is 1.12. The second-order valence-electron chi connectivity index (χ2n) is 6.84. The van der Waals surface area contributed by atoms with Crippen LogP contribution in [0.5, 0.6) is 0 Å². The lowest BCUT2D eigenvalue weighted by Crippen LogP contribution is -2.34. The number of benzene rings is 1. The molecule has 3 N–H and O–H groups in total. The van der Waals surface area contributed by atoms with Gasteiger partial charge in [0.25, 0.3) is 5.91 Å². The first-order valence-electron chi connectivity index (χ1n) is 8.55. The van der Waals surface area contributed by atoms with Crippen LogP contribution in [0.3, 0.4) is 0 Å². The Hall–Kier alpha value is -1.83. The maximum absolute atomic E-state index is 12.6. The molecule has 1 aliphatic heterocycles. The Morgan fingerprint density at radius 3 is 2.69 bits per heavy atom. The number of thiophene rings is 1. The number of nitrogens with two attached hydrogens (primary N) is 1. The first kappa shape index (κ1) is 18.9. The Balaban J connectivity index is 1.53. The van der Waals surface area contributed by atoms with E-state index in [4.69, 9.17) is 5.73 Å². The maximum Gasteiger partial charge on any atom is 0.253 e. The summed E-state index contributed by atoms with van der Waals surface area (Å²) >= 11 is 3.14. The second-order valence-corrected chi connectivity index (χ2v) is 9.06. The Morgan fingerprint density at radius 2 is 2.08 bits per heavy atom. The van der Waals surface area contributed by atoms with Crippen LogP contribution in [0.25, 0.3) is 0 Å². The van der Waals surface area contributed by atoms with E-state index in [1.165, 1.54) is 11.8 Å². The molecule has 0 radical (unpaired) electrons. The molecule has 7 heteroatoms. The van der Waals surface area contributed by atoms with Gasteiger partial charge in [-0.2, -0.15) is 0 Å². The van der Waals surface area contributed by atoms with Crippen LogP contribution in [0.4, 0.5) is 5.69 Å². The average molecular weight is 390 g/mol. The van der Waals surface area contributed by atoms with Gasteiger partial charge in [-0.1, -0.05) is 13.0 Å². The van der Waals surface area contributed by atoms with Gasteiger partial charge in [-0.3, -0.25) is 9.59 Å². The number of amides is 2. The standard InChI is InChI=1S/C19H23N3O2S2/c1-19(12-20)8-9-22(13-19)18(24)14-4-6-15(7-5-14)21-16(23)11-26-17-3-2-10-25-17/h2-7,10H,8-9,11-13,20H2,1H3,(H,21,23). The molecule has 0 aliphatic carbocycles. The van der Waals surface area contributed by atoms with Gasteiger partial charge >= 0.3 is 0 Å². The Bertz CT molecular complexity index is 762. The van der Waals surface area contributed by atoms with Gasteiger partial charge in [0.2, 0.25) is 5.91 Å². The predicted octanol–water partition coefficient (Wildman–Crippen LogP) is 3.29. The number of nitrogens with zero attached hydrogens (tertiary/aromatic N) is 1. The van der Waals surface area contributed by atoms with Gasteiger partial charge < -0.3 is 16.0 Å². The van der Waals surface area contributed by atoms with Crippen LogP contribution in [0.15, 0.2) is 46.0 Å². The fourth-order valence-electron chi connectivity index (χ4n) is 2.92. The molecule has 1 unspecified atom stereocenters. The summed E-state index contributed by atoms with van der Waals surface area (Å²) in [5, 5.41) is 4.86. The summed E-state index contributed by atoms with van der Waals surface area (Å²) in [6.45, 7) is 4.14. The van der Waals surface area contributed by atoms with E-state index in [0.29, 0.717) is 30.1 Å². The van der Waals surface area contributed by atoms with Crippen LogP contribution in [-0.2, 0) is 4.79 Å². The van der Waals surface area contributed by atoms with Crippen LogP contribution in [0.2, 0.25) is 0 Å². The van der Waals surface area contributed by atoms with E-state index in [-0.39, 0.29) is 17.2 Å². The zero-order chi connectivity index (χ0) is 18.6. The van der Waals surface area contributed by atoms with E-state index < -0.39 is 0 Å². The van der Waals surface area contributed by atoms with E-state index in [9.17, 15) is 9.59 Å². The molecule has 0 spiro atoms. The first-order chi connectivity index (χ1) is 12.5. The highest BCUT2D eigenvalue weighted by Crippen LogP contribution is 2.29. The van der Waals surface area contributed by atoms with Crippen molar-refractivity contribution in [2.75, 3.05) is 30.7 Å². The molecule has 3 rings (SSSR count). The molecule has 2 aromatic rings. The largest absolute Gasteiger partial charge is 0.338 e. The van der Waals surface area contributed by atoms with Crippen LogP contribution in [0.1, 0.15) is 23.7 Å². The molecule has 1 saturated heterocycles. The van der Waals surface area contributed by atoms with Crippen LogP contribution >= 0.6 is 23.1 Å². The van der Waals surface area contributed by atoms with Crippen molar-refractivity contribution in [1.29, 1.82) is 0 Å². The van der Waals surface area contributed by atoms with Crippen molar-refractivity contribution >= 4 is 40.6 Å². The van der Waals surface area contributed by atoms with Crippen molar-refractivity contribution in [3.8, 4) is 0 Å². The lowest BCUT2D eigenvalue weighted by Gasteiger charge is -2.22. The number of nitrogens with one attached hydrogen (secondary N) is 1. The normalized spacial score (nSPS) is 19.5. The first-order valence-corrected chi connectivity index (χ1v) is 10.4. The summed E-state index contributed by atoms with van der Waals surface area (Å²) in [7, 11) is 0. The Kier molecular flexibility index (Phi) is 6.01. The summed E-state index contributed by atoms with van der Waals surface area (Å²) in [5.41, 5.74) is 7.17. The molecule has 1 atom stereocenters. The minimum atomic E-state index is -0.0549. The molecule has 5 nitrogen and oxygen atoms in total. The van der Waals surface area contributed by atoms with E-state index in [1.54, 1.807) is 35.6 Å². The van der Waals surface area contributed by atoms with Crippen LogP contribution < -0.4 is 11.1 Å². The summed E-state index contributed by atoms with van der Waals surface area (Å²) in [6, 6.07) is 11.1. The molecule has 1 aromatic heterocycles. The van der Waals surface area contributed by atoms with Crippen molar-refractivity contribution in [2.45, 2.75) is 17.6 Å². The van der Waals surface area contributed by atoms with Gasteiger partial charge in [-0.15, -0.1) is 23.1 Å². The Labute approximate surface area is 162 Å². The molecule has 1 aliphatic rings. The van der Waals surface area contributed by atoms with E-state index >= 15 is 0 Å². The van der Waals surface area contributed by atoms with Gasteiger partial charge in [0.05, 0.1) is 9.96 Å². The Morgan fingerprint density at radius 1 is 1.31 bits per heavy atom. The molecule has 0 bridgehead atoms.